The molecule has 2 atom stereocenters. The van der Waals surface area contributed by atoms with Gasteiger partial charge in [-0.1, -0.05) is 11.6 Å². The van der Waals surface area contributed by atoms with E-state index in [-0.39, 0.29) is 11.6 Å². The molecule has 6 heteroatoms. The van der Waals surface area contributed by atoms with Gasteiger partial charge in [0.1, 0.15) is 5.82 Å². The van der Waals surface area contributed by atoms with Gasteiger partial charge in [-0.3, -0.25) is 0 Å². The van der Waals surface area contributed by atoms with Crippen molar-refractivity contribution in [2.24, 2.45) is 17.6 Å². The molecule has 5 nitrogen and oxygen atoms in total. The van der Waals surface area contributed by atoms with Crippen LogP contribution in [0.25, 0.3) is 0 Å². The smallest absolute Gasteiger partial charge is 0.337 e. The van der Waals surface area contributed by atoms with E-state index < -0.39 is 5.97 Å². The first-order valence-corrected chi connectivity index (χ1v) is 6.83. The maximum Gasteiger partial charge on any atom is 0.337 e. The third-order valence-electron chi connectivity index (χ3n) is 4.01. The highest BCUT2D eigenvalue weighted by molar-refractivity contribution is 6.33. The molecule has 3 rings (SSSR count). The number of carboxylic acid groups (broad SMARTS) is 1. The number of anilines is 1. The lowest BCUT2D eigenvalue weighted by atomic mass is 9.99. The van der Waals surface area contributed by atoms with Gasteiger partial charge >= 0.3 is 5.97 Å². The van der Waals surface area contributed by atoms with E-state index in [4.69, 9.17) is 22.4 Å². The molecule has 1 aromatic heterocycles. The van der Waals surface area contributed by atoms with Gasteiger partial charge in [0.05, 0.1) is 10.6 Å². The molecule has 1 saturated heterocycles. The van der Waals surface area contributed by atoms with Crippen LogP contribution in [0.4, 0.5) is 5.82 Å². The number of hydrogen-bond acceptors (Lipinski definition) is 4. The van der Waals surface area contributed by atoms with Gasteiger partial charge < -0.3 is 15.7 Å². The minimum absolute atomic E-state index is 0.107. The topological polar surface area (TPSA) is 79.5 Å². The van der Waals surface area contributed by atoms with Crippen molar-refractivity contribution in [1.82, 2.24) is 4.98 Å². The molecule has 0 radical (unpaired) electrons. The second-order valence-corrected chi connectivity index (χ2v) is 5.81. The predicted octanol–water partition coefficient (Wildman–Crippen LogP) is 1.61. The van der Waals surface area contributed by atoms with Crippen molar-refractivity contribution in [1.29, 1.82) is 0 Å². The first-order valence-electron chi connectivity index (χ1n) is 6.45. The van der Waals surface area contributed by atoms with E-state index in [9.17, 15) is 4.79 Å². The van der Waals surface area contributed by atoms with Gasteiger partial charge in [-0.2, -0.15) is 0 Å². The normalized spacial score (nSPS) is 26.7. The molecule has 2 heterocycles. The van der Waals surface area contributed by atoms with Crippen LogP contribution >= 0.6 is 11.6 Å². The van der Waals surface area contributed by atoms with Crippen LogP contribution in [0, 0.1) is 11.8 Å². The van der Waals surface area contributed by atoms with Gasteiger partial charge in [0.2, 0.25) is 0 Å². The molecular formula is C13H16ClN3O2. The quantitative estimate of drug-likeness (QED) is 0.880. The number of aromatic carboxylic acids is 1. The number of nitrogens with two attached hydrogens (primary N) is 1. The zero-order chi connectivity index (χ0) is 13.6. The first-order chi connectivity index (χ1) is 9.06. The Hall–Kier alpha value is -1.33. The molecule has 0 amide bonds. The van der Waals surface area contributed by atoms with Crippen LogP contribution in [0.2, 0.25) is 5.02 Å². The van der Waals surface area contributed by atoms with Gasteiger partial charge in [-0.05, 0) is 30.7 Å². The first kappa shape index (κ1) is 12.7. The number of halogens is 1. The molecule has 0 aromatic carbocycles. The van der Waals surface area contributed by atoms with Gasteiger partial charge in [0, 0.05) is 25.3 Å². The van der Waals surface area contributed by atoms with Crippen LogP contribution in [-0.4, -0.2) is 35.2 Å². The lowest BCUT2D eigenvalue weighted by Gasteiger charge is -2.18. The van der Waals surface area contributed by atoms with Gasteiger partial charge in [0.25, 0.3) is 0 Å². The largest absolute Gasteiger partial charge is 0.478 e. The van der Waals surface area contributed by atoms with E-state index in [1.165, 1.54) is 25.1 Å². The Morgan fingerprint density at radius 3 is 2.79 bits per heavy atom. The highest BCUT2D eigenvalue weighted by Crippen LogP contribution is 2.42. The Balaban J connectivity index is 1.81. The second kappa shape index (κ2) is 4.65. The molecule has 1 saturated carbocycles. The SMILES string of the molecule is N[C@H]1CN(c2ncc(C(=O)O)cc2Cl)C[C@@H]1C1CC1. The minimum atomic E-state index is -1.02. The zero-order valence-electron chi connectivity index (χ0n) is 10.4. The summed E-state index contributed by atoms with van der Waals surface area (Å²) in [6.07, 6.45) is 3.89. The molecule has 2 fully saturated rings. The zero-order valence-corrected chi connectivity index (χ0v) is 11.2. The van der Waals surface area contributed by atoms with E-state index in [2.05, 4.69) is 9.88 Å². The van der Waals surface area contributed by atoms with Crippen LogP contribution in [0.5, 0.6) is 0 Å². The van der Waals surface area contributed by atoms with E-state index in [0.717, 1.165) is 19.0 Å². The van der Waals surface area contributed by atoms with Crippen molar-refractivity contribution < 1.29 is 9.90 Å². The summed E-state index contributed by atoms with van der Waals surface area (Å²) in [5, 5.41) is 9.28. The monoisotopic (exact) mass is 281 g/mol. The fraction of sp³-hybridized carbons (Fsp3) is 0.538. The van der Waals surface area contributed by atoms with Crippen LogP contribution in [0.3, 0.4) is 0 Å². The fourth-order valence-electron chi connectivity index (χ4n) is 2.83. The Labute approximate surface area is 116 Å². The summed E-state index contributed by atoms with van der Waals surface area (Å²) in [4.78, 5) is 17.1. The highest BCUT2D eigenvalue weighted by Gasteiger charge is 2.41. The number of nitrogens with zero attached hydrogens (tertiary/aromatic N) is 2. The predicted molar refractivity (Wildman–Crippen MR) is 72.6 cm³/mol. The van der Waals surface area contributed by atoms with Crippen molar-refractivity contribution >= 4 is 23.4 Å². The number of rotatable bonds is 3. The molecule has 1 aromatic rings. The van der Waals surface area contributed by atoms with E-state index in [0.29, 0.717) is 16.8 Å². The molecule has 0 spiro atoms. The molecule has 19 heavy (non-hydrogen) atoms. The molecular weight excluding hydrogens is 266 g/mol. The van der Waals surface area contributed by atoms with Crippen LogP contribution in [0.15, 0.2) is 12.3 Å². The number of carboxylic acids is 1. The minimum Gasteiger partial charge on any atom is -0.478 e. The third-order valence-corrected chi connectivity index (χ3v) is 4.29. The Bertz CT molecular complexity index is 519. The average molecular weight is 282 g/mol. The van der Waals surface area contributed by atoms with Gasteiger partial charge in [0.15, 0.2) is 0 Å². The van der Waals surface area contributed by atoms with Gasteiger partial charge in [-0.15, -0.1) is 0 Å². The molecule has 1 aliphatic heterocycles. The molecule has 0 unspecified atom stereocenters. The highest BCUT2D eigenvalue weighted by atomic mass is 35.5. The lowest BCUT2D eigenvalue weighted by molar-refractivity contribution is 0.0696. The lowest BCUT2D eigenvalue weighted by Crippen LogP contribution is -2.30. The van der Waals surface area contributed by atoms with Gasteiger partial charge in [-0.25, -0.2) is 9.78 Å². The fourth-order valence-corrected chi connectivity index (χ4v) is 3.12. The maximum absolute atomic E-state index is 10.9. The van der Waals surface area contributed by atoms with Crippen molar-refractivity contribution in [3.63, 3.8) is 0 Å². The van der Waals surface area contributed by atoms with Crippen molar-refractivity contribution in [2.75, 3.05) is 18.0 Å². The maximum atomic E-state index is 10.9. The standard InChI is InChI=1S/C13H16ClN3O2/c14-10-3-8(13(18)19)4-16-12(10)17-5-9(7-1-2-7)11(15)6-17/h3-4,7,9,11H,1-2,5-6,15H2,(H,18,19)/t9-,11+/m1/s1. The number of aromatic nitrogens is 1. The summed E-state index contributed by atoms with van der Waals surface area (Å²) in [7, 11) is 0. The summed E-state index contributed by atoms with van der Waals surface area (Å²) in [5.74, 6) is 0.884. The van der Waals surface area contributed by atoms with E-state index in [1.54, 1.807) is 0 Å². The summed E-state index contributed by atoms with van der Waals surface area (Å²) in [6.45, 7) is 1.60. The Morgan fingerprint density at radius 1 is 1.47 bits per heavy atom. The summed E-state index contributed by atoms with van der Waals surface area (Å²) >= 11 is 6.14. The van der Waals surface area contributed by atoms with Crippen molar-refractivity contribution in [2.45, 2.75) is 18.9 Å². The van der Waals surface area contributed by atoms with Crippen LogP contribution in [-0.2, 0) is 0 Å². The molecule has 102 valence electrons. The summed E-state index contributed by atoms with van der Waals surface area (Å²) < 4.78 is 0. The number of hydrogen-bond donors (Lipinski definition) is 2. The van der Waals surface area contributed by atoms with Crippen LogP contribution in [0.1, 0.15) is 23.2 Å². The molecule has 0 bridgehead atoms. The Kier molecular flexibility index (Phi) is 3.11. The Morgan fingerprint density at radius 2 is 2.21 bits per heavy atom. The number of pyridine rings is 1. The summed E-state index contributed by atoms with van der Waals surface area (Å²) in [5.41, 5.74) is 6.28. The molecule has 1 aliphatic carbocycles. The summed E-state index contributed by atoms with van der Waals surface area (Å²) in [6, 6.07) is 1.60. The van der Waals surface area contributed by atoms with Crippen molar-refractivity contribution in [3.05, 3.63) is 22.8 Å². The average Bonchev–Trinajstić information content (AvgIpc) is 3.13. The third kappa shape index (κ3) is 2.40. The van der Waals surface area contributed by atoms with E-state index in [1.807, 2.05) is 0 Å². The number of carbonyl (C=O) groups is 1. The van der Waals surface area contributed by atoms with E-state index >= 15 is 0 Å². The van der Waals surface area contributed by atoms with Crippen molar-refractivity contribution in [3.8, 4) is 0 Å². The molecule has 2 aliphatic rings. The van der Waals surface area contributed by atoms with Crippen LogP contribution < -0.4 is 10.6 Å². The molecule has 3 N–H and O–H groups in total. The second-order valence-electron chi connectivity index (χ2n) is 5.40.